The van der Waals surface area contributed by atoms with Crippen LogP contribution >= 0.6 is 0 Å². The van der Waals surface area contributed by atoms with Crippen molar-refractivity contribution in [2.24, 2.45) is 0 Å². The SMILES string of the molecule is CCN(C(=O)/C(C=N)=C/NCCc1ccc2c(n1)NCCC2)C(CC(=O)O)c1ccc(OC)nc1. The summed E-state index contributed by atoms with van der Waals surface area (Å²) < 4.78 is 5.07. The summed E-state index contributed by atoms with van der Waals surface area (Å²) in [6.45, 7) is 3.50. The maximum atomic E-state index is 13.3. The molecule has 4 N–H and O–H groups in total. The maximum Gasteiger partial charge on any atom is 0.305 e. The highest BCUT2D eigenvalue weighted by Crippen LogP contribution is 2.26. The molecule has 3 heterocycles. The van der Waals surface area contributed by atoms with E-state index in [2.05, 4.69) is 26.7 Å². The van der Waals surface area contributed by atoms with Crippen LogP contribution in [0.25, 0.3) is 0 Å². The predicted octanol–water partition coefficient (Wildman–Crippen LogP) is 2.57. The van der Waals surface area contributed by atoms with Gasteiger partial charge < -0.3 is 30.8 Å². The van der Waals surface area contributed by atoms with E-state index in [0.717, 1.165) is 37.1 Å². The molecular formula is C25H32N6O4. The maximum absolute atomic E-state index is 13.3. The molecule has 10 heteroatoms. The van der Waals surface area contributed by atoms with Gasteiger partial charge in [0.2, 0.25) is 5.88 Å². The molecule has 1 unspecified atom stereocenters. The average Bonchev–Trinajstić information content (AvgIpc) is 2.88. The third-order valence-corrected chi connectivity index (χ3v) is 5.84. The number of likely N-dealkylation sites (N-methyl/N-ethyl adjacent to an activating group) is 1. The molecule has 0 saturated carbocycles. The normalized spacial score (nSPS) is 13.7. The summed E-state index contributed by atoms with van der Waals surface area (Å²) >= 11 is 0. The number of hydrogen-bond acceptors (Lipinski definition) is 8. The van der Waals surface area contributed by atoms with Crippen molar-refractivity contribution < 1.29 is 19.4 Å². The van der Waals surface area contributed by atoms with E-state index in [1.165, 1.54) is 30.0 Å². The van der Waals surface area contributed by atoms with Gasteiger partial charge in [0.1, 0.15) is 5.82 Å². The Morgan fingerprint density at radius 3 is 2.83 bits per heavy atom. The minimum atomic E-state index is -1.04. The third kappa shape index (κ3) is 6.78. The van der Waals surface area contributed by atoms with E-state index in [4.69, 9.17) is 10.1 Å². The van der Waals surface area contributed by atoms with Gasteiger partial charge in [0.25, 0.3) is 5.91 Å². The van der Waals surface area contributed by atoms with Gasteiger partial charge in [-0.3, -0.25) is 9.59 Å². The number of hydrogen-bond donors (Lipinski definition) is 4. The Bertz CT molecular complexity index is 1070. The summed E-state index contributed by atoms with van der Waals surface area (Å²) in [7, 11) is 1.49. The molecule has 10 nitrogen and oxygen atoms in total. The summed E-state index contributed by atoms with van der Waals surface area (Å²) in [5.41, 5.74) is 2.87. The number of fused-ring (bicyclic) bond motifs is 1. The van der Waals surface area contributed by atoms with Crippen molar-refractivity contribution in [2.75, 3.05) is 32.1 Å². The van der Waals surface area contributed by atoms with E-state index in [9.17, 15) is 14.7 Å². The highest BCUT2D eigenvalue weighted by Gasteiger charge is 2.28. The number of methoxy groups -OCH3 is 1. The molecule has 2 aromatic rings. The first-order valence-corrected chi connectivity index (χ1v) is 11.7. The van der Waals surface area contributed by atoms with Gasteiger partial charge in [0.05, 0.1) is 25.1 Å². The fourth-order valence-corrected chi connectivity index (χ4v) is 4.01. The largest absolute Gasteiger partial charge is 0.481 e. The Morgan fingerprint density at radius 2 is 2.17 bits per heavy atom. The van der Waals surface area contributed by atoms with Crippen LogP contribution in [0, 0.1) is 5.41 Å². The molecular weight excluding hydrogens is 448 g/mol. The van der Waals surface area contributed by atoms with Crippen molar-refractivity contribution in [3.05, 3.63) is 59.1 Å². The lowest BCUT2D eigenvalue weighted by atomic mass is 10.0. The quantitative estimate of drug-likeness (QED) is 0.206. The molecule has 186 valence electrons. The molecule has 0 saturated heterocycles. The third-order valence-electron chi connectivity index (χ3n) is 5.84. The van der Waals surface area contributed by atoms with Crippen molar-refractivity contribution in [2.45, 2.75) is 38.6 Å². The number of nitrogens with one attached hydrogen (secondary N) is 3. The van der Waals surface area contributed by atoms with Gasteiger partial charge in [0, 0.05) is 56.4 Å². The highest BCUT2D eigenvalue weighted by atomic mass is 16.5. The number of rotatable bonds is 12. The number of aryl methyl sites for hydroxylation is 1. The van der Waals surface area contributed by atoms with Gasteiger partial charge in [-0.1, -0.05) is 12.1 Å². The first kappa shape index (κ1) is 25.7. The van der Waals surface area contributed by atoms with Gasteiger partial charge >= 0.3 is 5.97 Å². The van der Waals surface area contributed by atoms with Gasteiger partial charge in [0.15, 0.2) is 0 Å². The zero-order chi connectivity index (χ0) is 25.2. The van der Waals surface area contributed by atoms with E-state index in [1.54, 1.807) is 19.1 Å². The van der Waals surface area contributed by atoms with Crippen LogP contribution < -0.4 is 15.4 Å². The second-order valence-corrected chi connectivity index (χ2v) is 8.13. The predicted molar refractivity (Wildman–Crippen MR) is 133 cm³/mol. The Kier molecular flexibility index (Phi) is 9.16. The molecule has 0 fully saturated rings. The lowest BCUT2D eigenvalue weighted by molar-refractivity contribution is -0.140. The number of ether oxygens (including phenoxy) is 1. The van der Waals surface area contributed by atoms with Crippen LogP contribution in [0.1, 0.15) is 42.6 Å². The van der Waals surface area contributed by atoms with Crippen LogP contribution in [0.15, 0.2) is 42.2 Å². The smallest absolute Gasteiger partial charge is 0.305 e. The molecule has 1 aliphatic heterocycles. The van der Waals surface area contributed by atoms with E-state index in [-0.39, 0.29) is 18.5 Å². The number of carbonyl (C=O) groups is 2. The molecule has 1 aliphatic rings. The monoisotopic (exact) mass is 480 g/mol. The second-order valence-electron chi connectivity index (χ2n) is 8.13. The zero-order valence-electron chi connectivity index (χ0n) is 20.1. The van der Waals surface area contributed by atoms with Crippen LogP contribution in [0.5, 0.6) is 5.88 Å². The molecule has 3 rings (SSSR count). The molecule has 0 bridgehead atoms. The van der Waals surface area contributed by atoms with E-state index < -0.39 is 17.9 Å². The Balaban J connectivity index is 1.68. The van der Waals surface area contributed by atoms with Crippen LogP contribution in [-0.4, -0.2) is 64.8 Å². The summed E-state index contributed by atoms with van der Waals surface area (Å²) in [4.78, 5) is 35.1. The topological polar surface area (TPSA) is 141 Å². The zero-order valence-corrected chi connectivity index (χ0v) is 20.1. The van der Waals surface area contributed by atoms with Gasteiger partial charge in [-0.05, 0) is 37.0 Å². The number of aliphatic carboxylic acids is 1. The number of aromatic nitrogens is 2. The lowest BCUT2D eigenvalue weighted by Crippen LogP contribution is -2.37. The molecule has 1 amide bonds. The molecule has 0 radical (unpaired) electrons. The molecule has 0 aliphatic carbocycles. The highest BCUT2D eigenvalue weighted by molar-refractivity contribution is 6.11. The second kappa shape index (κ2) is 12.5. The van der Waals surface area contributed by atoms with Crippen molar-refractivity contribution in [1.82, 2.24) is 20.2 Å². The van der Waals surface area contributed by atoms with Crippen molar-refractivity contribution in [3.8, 4) is 5.88 Å². The first-order chi connectivity index (χ1) is 17.0. The van der Waals surface area contributed by atoms with E-state index >= 15 is 0 Å². The van der Waals surface area contributed by atoms with Gasteiger partial charge in [-0.25, -0.2) is 9.97 Å². The fraction of sp³-hybridized carbons (Fsp3) is 0.400. The van der Waals surface area contributed by atoms with Gasteiger partial charge in [-0.2, -0.15) is 0 Å². The average molecular weight is 481 g/mol. The van der Waals surface area contributed by atoms with Crippen LogP contribution in [0.2, 0.25) is 0 Å². The molecule has 0 aromatic carbocycles. The molecule has 35 heavy (non-hydrogen) atoms. The van der Waals surface area contributed by atoms with Crippen molar-refractivity contribution >= 4 is 23.9 Å². The number of anilines is 1. The first-order valence-electron chi connectivity index (χ1n) is 11.7. The van der Waals surface area contributed by atoms with Crippen LogP contribution in [0.3, 0.4) is 0 Å². The summed E-state index contributed by atoms with van der Waals surface area (Å²) in [5, 5.41) is 23.6. The summed E-state index contributed by atoms with van der Waals surface area (Å²) in [5.74, 6) is -0.141. The number of amides is 1. The number of pyridine rings is 2. The Hall–Kier alpha value is -3.95. The van der Waals surface area contributed by atoms with Gasteiger partial charge in [-0.15, -0.1) is 0 Å². The standard InChI is InChI=1S/C25H32N6O4/c1-3-31(21(13-23(32)33)18-7-9-22(35-2)29-16-18)25(34)19(14-26)15-27-12-10-20-8-6-17-5-4-11-28-24(17)30-20/h6-9,14-16,21,26-27H,3-5,10-13H2,1-2H3,(H,28,30)(H,32,33)/b19-15+,26-14?. The number of carboxylic acids is 1. The minimum Gasteiger partial charge on any atom is -0.481 e. The summed E-state index contributed by atoms with van der Waals surface area (Å²) in [6.07, 6.45) is 6.49. The number of carboxylic acid groups (broad SMARTS) is 1. The van der Waals surface area contributed by atoms with Crippen molar-refractivity contribution in [1.29, 1.82) is 5.41 Å². The number of nitrogens with zero attached hydrogens (tertiary/aromatic N) is 3. The van der Waals surface area contributed by atoms with E-state index in [0.29, 0.717) is 24.4 Å². The Labute approximate surface area is 204 Å². The number of carbonyl (C=O) groups excluding carboxylic acids is 1. The molecule has 0 spiro atoms. The Morgan fingerprint density at radius 1 is 1.34 bits per heavy atom. The fourth-order valence-electron chi connectivity index (χ4n) is 4.01. The van der Waals surface area contributed by atoms with E-state index in [1.807, 2.05) is 6.07 Å². The molecule has 2 aromatic heterocycles. The molecule has 1 atom stereocenters. The van der Waals surface area contributed by atoms with Crippen LogP contribution in [0.4, 0.5) is 5.82 Å². The van der Waals surface area contributed by atoms with Crippen molar-refractivity contribution in [3.63, 3.8) is 0 Å². The van der Waals surface area contributed by atoms with Crippen LogP contribution in [-0.2, 0) is 22.4 Å². The minimum absolute atomic E-state index is 0.128. The lowest BCUT2D eigenvalue weighted by Gasteiger charge is -2.30. The summed E-state index contributed by atoms with van der Waals surface area (Å²) in [6, 6.07) is 6.70.